The number of aromatic nitrogens is 2. The Bertz CT molecular complexity index is 1830. The Hall–Kier alpha value is -4.38. The first-order valence-corrected chi connectivity index (χ1v) is 14.7. The number of imidazole rings is 1. The van der Waals surface area contributed by atoms with Gasteiger partial charge in [0, 0.05) is 30.1 Å². The monoisotopic (exact) mass is 622 g/mol. The molecule has 0 spiro atoms. The molecule has 0 unspecified atom stereocenters. The molecule has 0 fully saturated rings. The van der Waals surface area contributed by atoms with Crippen LogP contribution in [0.3, 0.4) is 0 Å². The fourth-order valence-electron chi connectivity index (χ4n) is 4.61. The number of pyridine rings is 1. The van der Waals surface area contributed by atoms with Crippen LogP contribution in [0.2, 0.25) is 0 Å². The van der Waals surface area contributed by atoms with E-state index in [4.69, 9.17) is 0 Å². The zero-order valence-electron chi connectivity index (χ0n) is 22.8. The average Bonchev–Trinajstić information content (AvgIpc) is 3.33. The number of rotatable bonds is 9. The number of amides is 1. The van der Waals surface area contributed by atoms with E-state index in [1.807, 2.05) is 6.07 Å². The summed E-state index contributed by atoms with van der Waals surface area (Å²) in [6, 6.07) is 9.50. The number of nitriles is 1. The van der Waals surface area contributed by atoms with Crippen LogP contribution in [0.4, 0.5) is 26.3 Å². The summed E-state index contributed by atoms with van der Waals surface area (Å²) in [5.41, 5.74) is -1.21. The Morgan fingerprint density at radius 3 is 2.35 bits per heavy atom. The Balaban J connectivity index is 1.84. The van der Waals surface area contributed by atoms with Gasteiger partial charge in [0.25, 0.3) is 0 Å². The van der Waals surface area contributed by atoms with E-state index in [9.17, 15) is 44.8 Å². The van der Waals surface area contributed by atoms with Gasteiger partial charge in [0.1, 0.15) is 11.6 Å². The summed E-state index contributed by atoms with van der Waals surface area (Å²) in [4.78, 5) is 19.0. The van der Waals surface area contributed by atoms with Gasteiger partial charge in [0.05, 0.1) is 46.8 Å². The first kappa shape index (κ1) is 31.6. The molecule has 1 amide bonds. The van der Waals surface area contributed by atoms with Gasteiger partial charge in [0.2, 0.25) is 5.91 Å². The third-order valence-electron chi connectivity index (χ3n) is 6.91. The summed E-state index contributed by atoms with van der Waals surface area (Å²) in [6.45, 7) is 2.47. The molecule has 2 aromatic heterocycles. The highest BCUT2D eigenvalue weighted by molar-refractivity contribution is 7.91. The Morgan fingerprint density at radius 2 is 1.74 bits per heavy atom. The fourth-order valence-corrected chi connectivity index (χ4v) is 5.37. The Morgan fingerprint density at radius 1 is 1.07 bits per heavy atom. The second kappa shape index (κ2) is 12.1. The molecule has 0 saturated heterocycles. The molecule has 0 radical (unpaired) electrons. The molecule has 0 aliphatic carbocycles. The van der Waals surface area contributed by atoms with Gasteiger partial charge in [0.15, 0.2) is 21.3 Å². The topological polar surface area (TPSA) is 95.5 Å². The molecule has 0 bridgehead atoms. The summed E-state index contributed by atoms with van der Waals surface area (Å²) >= 11 is 0. The molecule has 1 atom stereocenters. The molecule has 4 aromatic rings. The summed E-state index contributed by atoms with van der Waals surface area (Å²) in [6.07, 6.45) is -4.69. The molecule has 7 nitrogen and oxygen atoms in total. The van der Waals surface area contributed by atoms with Gasteiger partial charge in [-0.05, 0) is 36.8 Å². The summed E-state index contributed by atoms with van der Waals surface area (Å²) in [7, 11) is -3.63. The van der Waals surface area contributed by atoms with Gasteiger partial charge in [-0.1, -0.05) is 25.1 Å². The quantitative estimate of drug-likeness (QED) is 0.218. The highest BCUT2D eigenvalue weighted by atomic mass is 32.2. The molecule has 0 N–H and O–H groups in total. The predicted octanol–water partition coefficient (Wildman–Crippen LogP) is 5.88. The number of carbonyl (C=O) groups excluding carboxylic acids is 1. The summed E-state index contributed by atoms with van der Waals surface area (Å²) < 4.78 is 109. The van der Waals surface area contributed by atoms with Gasteiger partial charge < -0.3 is 4.90 Å². The van der Waals surface area contributed by atoms with E-state index in [-0.39, 0.29) is 28.4 Å². The molecule has 0 aliphatic heterocycles. The van der Waals surface area contributed by atoms with E-state index in [1.54, 1.807) is 0 Å². The molecular weight excluding hydrogens is 598 g/mol. The average molecular weight is 623 g/mol. The number of carbonyl (C=O) groups is 1. The van der Waals surface area contributed by atoms with Crippen molar-refractivity contribution in [3.8, 4) is 17.3 Å². The van der Waals surface area contributed by atoms with Crippen LogP contribution >= 0.6 is 0 Å². The zero-order valence-corrected chi connectivity index (χ0v) is 23.6. The molecule has 2 aromatic carbocycles. The molecule has 0 saturated carbocycles. The van der Waals surface area contributed by atoms with Crippen LogP contribution in [-0.2, 0) is 27.2 Å². The highest BCUT2D eigenvalue weighted by Gasteiger charge is 2.35. The smallest absolute Gasteiger partial charge is 0.333 e. The lowest BCUT2D eigenvalue weighted by Crippen LogP contribution is -2.38. The van der Waals surface area contributed by atoms with Crippen molar-refractivity contribution in [1.29, 1.82) is 5.26 Å². The third-order valence-corrected chi connectivity index (χ3v) is 8.60. The molecule has 14 heteroatoms. The van der Waals surface area contributed by atoms with Crippen LogP contribution < -0.4 is 0 Å². The van der Waals surface area contributed by atoms with Crippen LogP contribution in [0.1, 0.15) is 42.3 Å². The number of sulfone groups is 1. The summed E-state index contributed by atoms with van der Waals surface area (Å²) in [5.74, 6) is -5.03. The van der Waals surface area contributed by atoms with Crippen LogP contribution in [0, 0.1) is 28.8 Å². The van der Waals surface area contributed by atoms with E-state index in [1.165, 1.54) is 38.1 Å². The third kappa shape index (κ3) is 6.83. The lowest BCUT2D eigenvalue weighted by atomic mass is 10.0. The van der Waals surface area contributed by atoms with E-state index >= 15 is 0 Å². The lowest BCUT2D eigenvalue weighted by Gasteiger charge is -2.29. The van der Waals surface area contributed by atoms with Crippen LogP contribution in [0.15, 0.2) is 54.7 Å². The maximum Gasteiger partial charge on any atom is 0.419 e. The van der Waals surface area contributed by atoms with Gasteiger partial charge in [-0.3, -0.25) is 9.20 Å². The normalized spacial score (nSPS) is 12.7. The maximum absolute atomic E-state index is 14.9. The second-order valence-corrected chi connectivity index (χ2v) is 12.2. The van der Waals surface area contributed by atoms with E-state index in [0.717, 1.165) is 21.6 Å². The molecule has 226 valence electrons. The largest absolute Gasteiger partial charge is 0.419 e. The fraction of sp³-hybridized carbons (Fsp3) is 0.276. The van der Waals surface area contributed by atoms with Gasteiger partial charge in [-0.25, -0.2) is 26.6 Å². The van der Waals surface area contributed by atoms with Gasteiger partial charge >= 0.3 is 6.18 Å². The predicted molar refractivity (Wildman–Crippen MR) is 145 cm³/mol. The van der Waals surface area contributed by atoms with Crippen molar-refractivity contribution >= 4 is 21.4 Å². The van der Waals surface area contributed by atoms with Crippen molar-refractivity contribution in [2.45, 2.75) is 32.5 Å². The lowest BCUT2D eigenvalue weighted by molar-refractivity contribution is -0.140. The van der Waals surface area contributed by atoms with Crippen molar-refractivity contribution in [2.75, 3.05) is 18.1 Å². The van der Waals surface area contributed by atoms with Crippen LogP contribution in [0.25, 0.3) is 16.9 Å². The van der Waals surface area contributed by atoms with Crippen molar-refractivity contribution in [3.63, 3.8) is 0 Å². The number of alkyl halides is 3. The number of benzene rings is 2. The number of fused-ring (bicyclic) bond motifs is 1. The van der Waals surface area contributed by atoms with Crippen LogP contribution in [0.5, 0.6) is 0 Å². The van der Waals surface area contributed by atoms with E-state index in [0.29, 0.717) is 29.3 Å². The molecular formula is C29H24F6N4O3S. The zero-order chi connectivity index (χ0) is 31.7. The Kier molecular flexibility index (Phi) is 8.87. The molecule has 0 aliphatic rings. The molecule has 43 heavy (non-hydrogen) atoms. The molecule has 4 rings (SSSR count). The number of halogens is 6. The van der Waals surface area contributed by atoms with Crippen molar-refractivity contribution in [1.82, 2.24) is 14.3 Å². The maximum atomic E-state index is 14.9. The first-order chi connectivity index (χ1) is 20.1. The SMILES string of the molecule is CCS(=O)(=O)CCN(C(=O)Cc1ccc(F)c(C(F)(F)F)c1)[C@H](C)c1nc2c(F)cc(F)cn2c1-c1ccc(C#N)cc1. The van der Waals surface area contributed by atoms with E-state index in [2.05, 4.69) is 4.98 Å². The molecule has 2 heterocycles. The van der Waals surface area contributed by atoms with Crippen molar-refractivity contribution < 1.29 is 39.6 Å². The first-order valence-electron chi connectivity index (χ1n) is 12.9. The highest BCUT2D eigenvalue weighted by Crippen LogP contribution is 2.35. The van der Waals surface area contributed by atoms with Gasteiger partial charge in [-0.2, -0.15) is 18.4 Å². The number of hydrogen-bond donors (Lipinski definition) is 0. The van der Waals surface area contributed by atoms with Crippen LogP contribution in [-0.4, -0.2) is 46.7 Å². The van der Waals surface area contributed by atoms with Gasteiger partial charge in [-0.15, -0.1) is 0 Å². The minimum atomic E-state index is -5.02. The van der Waals surface area contributed by atoms with Crippen molar-refractivity contribution in [2.24, 2.45) is 0 Å². The second-order valence-electron chi connectivity index (χ2n) is 9.72. The van der Waals surface area contributed by atoms with Crippen molar-refractivity contribution in [3.05, 3.63) is 94.6 Å². The number of nitrogens with zero attached hydrogens (tertiary/aromatic N) is 4. The standard InChI is InChI=1S/C29H24F6N4O3S/c1-3-43(41,42)11-10-38(25(40)13-19-6-9-23(31)22(12-19)29(33,34)35)17(2)26-27(20-7-4-18(15-36)5-8-20)39-16-21(30)14-24(32)28(39)37-26/h4-9,12,14,16-17H,3,10-11,13H2,1-2H3/t17-/m1/s1. The summed E-state index contributed by atoms with van der Waals surface area (Å²) in [5, 5.41) is 9.18. The minimum Gasteiger partial charge on any atom is -0.333 e. The Labute approximate surface area is 242 Å². The van der Waals surface area contributed by atoms with E-state index < -0.39 is 69.7 Å². The minimum absolute atomic E-state index is 0.0338. The number of hydrogen-bond acceptors (Lipinski definition) is 5.